The monoisotopic (exact) mass is 426 g/mol. The van der Waals surface area contributed by atoms with E-state index in [9.17, 15) is 9.59 Å². The topological polar surface area (TPSA) is 71.1 Å². The normalized spacial score (nSPS) is 10.6. The van der Waals surface area contributed by atoms with Gasteiger partial charge in [0.2, 0.25) is 0 Å². The van der Waals surface area contributed by atoms with Crippen LogP contribution in [-0.2, 0) is 29.1 Å². The summed E-state index contributed by atoms with van der Waals surface area (Å²) in [5.41, 5.74) is 0.696. The van der Waals surface area contributed by atoms with Crippen molar-refractivity contribution in [2.75, 3.05) is 13.2 Å². The molecule has 0 aliphatic heterocycles. The molecule has 30 heavy (non-hydrogen) atoms. The second-order valence-corrected chi connectivity index (χ2v) is 7.90. The molecular weight excluding hydrogens is 384 g/mol. The molecule has 0 N–H and O–H groups in total. The van der Waals surface area contributed by atoms with Crippen molar-refractivity contribution < 1.29 is 29.1 Å². The number of hydrogen-bond acceptors (Lipinski definition) is 6. The lowest BCUT2D eigenvalue weighted by molar-refractivity contribution is -0.268. The van der Waals surface area contributed by atoms with Gasteiger partial charge in [-0.15, -0.1) is 0 Å². The lowest BCUT2D eigenvalue weighted by Crippen LogP contribution is -2.06. The van der Waals surface area contributed by atoms with E-state index in [0.29, 0.717) is 24.4 Å². The molecule has 0 aliphatic rings. The first-order valence-electron chi connectivity index (χ1n) is 11.4. The predicted molar refractivity (Wildman–Crippen MR) is 118 cm³/mol. The van der Waals surface area contributed by atoms with E-state index in [-0.39, 0.29) is 0 Å². The second kappa shape index (κ2) is 20.6. The Bertz CT molecular complexity index is 442. The van der Waals surface area contributed by atoms with Gasteiger partial charge in [0.25, 0.3) is 0 Å². The number of rotatable bonds is 21. The minimum Gasteiger partial charge on any atom is -0.293 e. The van der Waals surface area contributed by atoms with Crippen LogP contribution in [0.5, 0.6) is 0 Å². The van der Waals surface area contributed by atoms with Gasteiger partial charge in [-0.3, -0.25) is 9.78 Å². The molecule has 0 saturated carbocycles. The summed E-state index contributed by atoms with van der Waals surface area (Å²) >= 11 is 0. The molecule has 174 valence electrons. The highest BCUT2D eigenvalue weighted by Crippen LogP contribution is 2.13. The van der Waals surface area contributed by atoms with Gasteiger partial charge >= 0.3 is 11.9 Å². The Hall–Kier alpha value is -1.66. The average molecular weight is 427 g/mol. The molecule has 0 radical (unpaired) electrons. The Balaban J connectivity index is 3.13. The van der Waals surface area contributed by atoms with Crippen molar-refractivity contribution in [2.24, 2.45) is 0 Å². The van der Waals surface area contributed by atoms with Gasteiger partial charge in [0.05, 0.1) is 13.2 Å². The smallest absolute Gasteiger partial charge is 0.293 e. The van der Waals surface area contributed by atoms with Crippen molar-refractivity contribution in [3.8, 4) is 0 Å². The van der Waals surface area contributed by atoms with E-state index < -0.39 is 11.9 Å². The fourth-order valence-electron chi connectivity index (χ4n) is 2.78. The highest BCUT2D eigenvalue weighted by atomic mass is 17.2. The molecule has 0 aromatic carbocycles. The molecule has 0 fully saturated rings. The van der Waals surface area contributed by atoms with Gasteiger partial charge in [-0.2, -0.15) is 9.78 Å². The number of unbranched alkanes of at least 4 members (excludes halogenated alkanes) is 13. The van der Waals surface area contributed by atoms with Crippen LogP contribution in [0.25, 0.3) is 0 Å². The van der Waals surface area contributed by atoms with E-state index in [0.717, 1.165) is 25.7 Å². The fraction of sp³-hybridized carbons (Fsp3) is 0.750. The van der Waals surface area contributed by atoms with Crippen molar-refractivity contribution in [3.05, 3.63) is 24.3 Å². The van der Waals surface area contributed by atoms with Gasteiger partial charge in [-0.25, -0.2) is 9.59 Å². The molecule has 6 heteroatoms. The fourth-order valence-corrected chi connectivity index (χ4v) is 2.78. The first-order valence-corrected chi connectivity index (χ1v) is 11.4. The van der Waals surface area contributed by atoms with Crippen LogP contribution < -0.4 is 0 Å². The van der Waals surface area contributed by atoms with Crippen LogP contribution in [-0.4, -0.2) is 25.2 Å². The van der Waals surface area contributed by atoms with Crippen LogP contribution in [0.2, 0.25) is 0 Å². The average Bonchev–Trinajstić information content (AvgIpc) is 2.71. The molecule has 6 nitrogen and oxygen atoms in total. The van der Waals surface area contributed by atoms with Crippen molar-refractivity contribution in [3.63, 3.8) is 0 Å². The second-order valence-electron chi connectivity index (χ2n) is 7.90. The molecule has 0 aliphatic carbocycles. The summed E-state index contributed by atoms with van der Waals surface area (Å²) in [6, 6.07) is 0. The quantitative estimate of drug-likeness (QED) is 0.0897. The van der Waals surface area contributed by atoms with Gasteiger partial charge in [0.1, 0.15) is 0 Å². The summed E-state index contributed by atoms with van der Waals surface area (Å²) in [6.45, 7) is 11.1. The first kappa shape index (κ1) is 28.3. The van der Waals surface area contributed by atoms with Crippen LogP contribution >= 0.6 is 0 Å². The minimum absolute atomic E-state index is 0.348. The van der Waals surface area contributed by atoms with E-state index in [2.05, 4.69) is 22.9 Å². The Labute approximate surface area is 182 Å². The molecule has 0 aromatic heterocycles. The van der Waals surface area contributed by atoms with Gasteiger partial charge < -0.3 is 0 Å². The van der Waals surface area contributed by atoms with E-state index in [1.54, 1.807) is 13.8 Å². The Morgan fingerprint density at radius 3 is 0.967 bits per heavy atom. The molecule has 0 unspecified atom stereocenters. The maximum atomic E-state index is 11.1. The van der Waals surface area contributed by atoms with Gasteiger partial charge in [-0.1, -0.05) is 90.2 Å². The van der Waals surface area contributed by atoms with Crippen molar-refractivity contribution in [1.29, 1.82) is 0 Å². The lowest BCUT2D eigenvalue weighted by atomic mass is 10.0. The predicted octanol–water partition coefficient (Wildman–Crippen LogP) is 6.55. The van der Waals surface area contributed by atoms with Crippen LogP contribution in [0.4, 0.5) is 0 Å². The largest absolute Gasteiger partial charge is 0.368 e. The maximum Gasteiger partial charge on any atom is 0.368 e. The summed E-state index contributed by atoms with van der Waals surface area (Å²) in [6.07, 6.45) is 16.8. The zero-order valence-electron chi connectivity index (χ0n) is 19.2. The molecule has 0 bridgehead atoms. The van der Waals surface area contributed by atoms with E-state index in [1.165, 1.54) is 64.2 Å². The van der Waals surface area contributed by atoms with E-state index in [1.807, 2.05) is 0 Å². The van der Waals surface area contributed by atoms with Crippen LogP contribution in [0, 0.1) is 0 Å². The Kier molecular flexibility index (Phi) is 19.5. The molecule has 0 rings (SSSR count). The highest BCUT2D eigenvalue weighted by molar-refractivity contribution is 5.86. The molecule has 0 saturated heterocycles. The Morgan fingerprint density at radius 1 is 0.500 bits per heavy atom. The van der Waals surface area contributed by atoms with Gasteiger partial charge in [0.15, 0.2) is 0 Å². The third kappa shape index (κ3) is 19.6. The summed E-state index contributed by atoms with van der Waals surface area (Å²) in [5, 5.41) is 0. The Morgan fingerprint density at radius 2 is 0.733 bits per heavy atom. The number of carbonyl (C=O) groups excluding carboxylic acids is 2. The summed E-state index contributed by atoms with van der Waals surface area (Å²) in [4.78, 5) is 41.1. The highest BCUT2D eigenvalue weighted by Gasteiger charge is 2.04. The third-order valence-electron chi connectivity index (χ3n) is 4.67. The molecule has 0 aromatic rings. The molecule has 0 heterocycles. The molecular formula is C24H42O6. The zero-order chi connectivity index (χ0) is 22.5. The van der Waals surface area contributed by atoms with E-state index in [4.69, 9.17) is 9.78 Å². The van der Waals surface area contributed by atoms with Gasteiger partial charge in [-0.05, 0) is 26.7 Å². The van der Waals surface area contributed by atoms with Crippen molar-refractivity contribution >= 4 is 11.9 Å². The minimum atomic E-state index is -0.497. The number of carbonyl (C=O) groups is 2. The molecule has 0 spiro atoms. The van der Waals surface area contributed by atoms with Gasteiger partial charge in [0, 0.05) is 11.1 Å². The van der Waals surface area contributed by atoms with E-state index >= 15 is 0 Å². The molecule has 0 atom stereocenters. The summed E-state index contributed by atoms with van der Waals surface area (Å²) < 4.78 is 0. The molecule has 0 amide bonds. The summed E-state index contributed by atoms with van der Waals surface area (Å²) in [7, 11) is 0. The number of hydrogen-bond donors (Lipinski definition) is 0. The van der Waals surface area contributed by atoms with Crippen LogP contribution in [0.3, 0.4) is 0 Å². The first-order chi connectivity index (χ1) is 14.4. The van der Waals surface area contributed by atoms with Crippen molar-refractivity contribution in [1.82, 2.24) is 0 Å². The van der Waals surface area contributed by atoms with Crippen LogP contribution in [0.1, 0.15) is 104 Å². The third-order valence-corrected chi connectivity index (χ3v) is 4.67. The standard InChI is InChI=1S/C24H42O6/c1-21(2)23(25)29-27-19-17-15-13-11-9-7-5-6-8-10-12-14-16-18-20-28-30-24(26)22(3)4/h1,3,5-20H2,2,4H3. The lowest BCUT2D eigenvalue weighted by Gasteiger charge is -2.05. The maximum absolute atomic E-state index is 11.1. The van der Waals surface area contributed by atoms with Crippen molar-refractivity contribution in [2.45, 2.75) is 104 Å². The van der Waals surface area contributed by atoms with Crippen LogP contribution in [0.15, 0.2) is 24.3 Å². The zero-order valence-corrected chi connectivity index (χ0v) is 19.2. The SMILES string of the molecule is C=C(C)C(=O)OOCCCCCCCCCCCCCCCCOOC(=O)C(=C)C. The summed E-state index contributed by atoms with van der Waals surface area (Å²) in [5.74, 6) is -0.994.